The third-order valence-corrected chi connectivity index (χ3v) is 4.09. The Labute approximate surface area is 98.3 Å². The predicted molar refractivity (Wildman–Crippen MR) is 56.0 cm³/mol. The minimum Gasteiger partial charge on any atom is -0.391 e. The molecule has 0 amide bonds. The van der Waals surface area contributed by atoms with Crippen molar-refractivity contribution in [2.24, 2.45) is 7.05 Å². The Morgan fingerprint density at radius 3 is 2.93 bits per heavy atom. The molecule has 80 valence electrons. The van der Waals surface area contributed by atoms with Gasteiger partial charge in [-0.1, -0.05) is 11.6 Å². The van der Waals surface area contributed by atoms with E-state index in [1.165, 1.54) is 23.1 Å². The number of nitrogens with zero attached hydrogens (tertiary/aromatic N) is 5. The lowest BCUT2D eigenvalue weighted by molar-refractivity contribution is 0.285. The smallest absolute Gasteiger partial charge is 0.216 e. The van der Waals surface area contributed by atoms with Gasteiger partial charge in [0, 0.05) is 7.05 Å². The van der Waals surface area contributed by atoms with Gasteiger partial charge in [0.05, 0.1) is 11.5 Å². The summed E-state index contributed by atoms with van der Waals surface area (Å²) in [5.74, 6) is 0. The van der Waals surface area contributed by atoms with E-state index in [1.807, 2.05) is 0 Å². The van der Waals surface area contributed by atoms with Gasteiger partial charge in [-0.2, -0.15) is 0 Å². The van der Waals surface area contributed by atoms with Crippen LogP contribution in [0.5, 0.6) is 0 Å². The van der Waals surface area contributed by atoms with Gasteiger partial charge in [-0.15, -0.1) is 16.4 Å². The molecule has 2 rings (SSSR count). The molecule has 0 saturated carbocycles. The van der Waals surface area contributed by atoms with E-state index in [4.69, 9.17) is 16.7 Å². The van der Waals surface area contributed by atoms with Gasteiger partial charge in [0.15, 0.2) is 4.34 Å². The summed E-state index contributed by atoms with van der Waals surface area (Å²) in [5, 5.41) is 20.9. The number of hydrogen-bond acceptors (Lipinski definition) is 7. The fourth-order valence-corrected chi connectivity index (χ4v) is 2.97. The summed E-state index contributed by atoms with van der Waals surface area (Å²) in [6, 6.07) is 0. The maximum Gasteiger partial charge on any atom is 0.216 e. The van der Waals surface area contributed by atoms with Crippen LogP contribution in [-0.2, 0) is 13.7 Å². The number of rotatable bonds is 3. The van der Waals surface area contributed by atoms with Crippen LogP contribution in [0.2, 0.25) is 5.15 Å². The zero-order valence-corrected chi connectivity index (χ0v) is 9.97. The van der Waals surface area contributed by atoms with Crippen molar-refractivity contribution in [3.63, 3.8) is 0 Å². The number of hydrogen-bond donors (Lipinski definition) is 1. The molecule has 2 aromatic rings. The molecule has 0 bridgehead atoms. The van der Waals surface area contributed by atoms with Crippen molar-refractivity contribution in [3.05, 3.63) is 10.0 Å². The minimum atomic E-state index is -0.103. The molecule has 0 aliphatic carbocycles. The molecule has 0 radical (unpaired) electrons. The second-order valence-electron chi connectivity index (χ2n) is 2.54. The van der Waals surface area contributed by atoms with Crippen molar-refractivity contribution in [1.82, 2.24) is 25.2 Å². The van der Waals surface area contributed by atoms with Gasteiger partial charge in [-0.3, -0.25) is 0 Å². The van der Waals surface area contributed by atoms with Crippen molar-refractivity contribution < 1.29 is 5.11 Å². The van der Waals surface area contributed by atoms with Crippen LogP contribution in [0.1, 0.15) is 4.88 Å². The Morgan fingerprint density at radius 2 is 2.40 bits per heavy atom. The van der Waals surface area contributed by atoms with Crippen molar-refractivity contribution in [1.29, 1.82) is 0 Å². The van der Waals surface area contributed by atoms with Crippen LogP contribution in [0.3, 0.4) is 0 Å². The van der Waals surface area contributed by atoms with Crippen LogP contribution >= 0.6 is 34.7 Å². The Morgan fingerprint density at radius 1 is 1.60 bits per heavy atom. The predicted octanol–water partition coefficient (Wildman–Crippen LogP) is 0.964. The number of tetrazole rings is 1. The third-order valence-electron chi connectivity index (χ3n) is 1.53. The molecule has 0 aliphatic heterocycles. The highest BCUT2D eigenvalue weighted by atomic mass is 35.5. The lowest BCUT2D eigenvalue weighted by Crippen LogP contribution is -1.92. The highest BCUT2D eigenvalue weighted by Crippen LogP contribution is 2.33. The van der Waals surface area contributed by atoms with E-state index in [1.54, 1.807) is 11.7 Å². The Bertz CT molecular complexity index is 470. The molecule has 1 N–H and O–H groups in total. The molecule has 0 atom stereocenters. The number of thiazole rings is 1. The second kappa shape index (κ2) is 4.44. The third kappa shape index (κ3) is 2.28. The van der Waals surface area contributed by atoms with E-state index in [0.29, 0.717) is 19.5 Å². The van der Waals surface area contributed by atoms with Gasteiger partial charge in [0.2, 0.25) is 5.16 Å². The molecule has 0 saturated heterocycles. The Hall–Kier alpha value is -0.700. The molecule has 2 aromatic heterocycles. The first-order valence-corrected chi connectivity index (χ1v) is 5.88. The van der Waals surface area contributed by atoms with E-state index < -0.39 is 0 Å². The van der Waals surface area contributed by atoms with Gasteiger partial charge in [0.1, 0.15) is 5.15 Å². The molecule has 15 heavy (non-hydrogen) atoms. The number of aryl methyl sites for hydroxylation is 1. The van der Waals surface area contributed by atoms with Gasteiger partial charge in [-0.25, -0.2) is 9.67 Å². The zero-order valence-electron chi connectivity index (χ0n) is 7.58. The summed E-state index contributed by atoms with van der Waals surface area (Å²) in [6.45, 7) is -0.103. The van der Waals surface area contributed by atoms with Crippen molar-refractivity contribution in [3.8, 4) is 0 Å². The summed E-state index contributed by atoms with van der Waals surface area (Å²) in [5.41, 5.74) is 0. The number of aromatic nitrogens is 5. The summed E-state index contributed by atoms with van der Waals surface area (Å²) in [6.07, 6.45) is 0. The fourth-order valence-electron chi connectivity index (χ4n) is 0.840. The highest BCUT2D eigenvalue weighted by Gasteiger charge is 2.12. The number of halogens is 1. The van der Waals surface area contributed by atoms with E-state index in [2.05, 4.69) is 20.5 Å². The van der Waals surface area contributed by atoms with Crippen LogP contribution < -0.4 is 0 Å². The molecule has 2 heterocycles. The molecule has 9 heteroatoms. The van der Waals surface area contributed by atoms with Crippen LogP contribution in [0, 0.1) is 0 Å². The van der Waals surface area contributed by atoms with E-state index in [-0.39, 0.29) is 6.61 Å². The molecular weight excluding hydrogens is 258 g/mol. The minimum absolute atomic E-state index is 0.103. The van der Waals surface area contributed by atoms with E-state index >= 15 is 0 Å². The maximum atomic E-state index is 8.94. The highest BCUT2D eigenvalue weighted by molar-refractivity contribution is 8.00. The normalized spacial score (nSPS) is 10.9. The van der Waals surface area contributed by atoms with Gasteiger partial charge in [0.25, 0.3) is 0 Å². The van der Waals surface area contributed by atoms with Gasteiger partial charge < -0.3 is 5.11 Å². The topological polar surface area (TPSA) is 76.7 Å². The van der Waals surface area contributed by atoms with Gasteiger partial charge >= 0.3 is 0 Å². The van der Waals surface area contributed by atoms with Crippen LogP contribution in [-0.4, -0.2) is 30.3 Å². The summed E-state index contributed by atoms with van der Waals surface area (Å²) in [4.78, 5) is 4.72. The van der Waals surface area contributed by atoms with Crippen LogP contribution in [0.15, 0.2) is 9.50 Å². The summed E-state index contributed by atoms with van der Waals surface area (Å²) < 4.78 is 2.25. The lowest BCUT2D eigenvalue weighted by Gasteiger charge is -1.92. The Kier molecular flexibility index (Phi) is 3.19. The molecule has 0 unspecified atom stereocenters. The average Bonchev–Trinajstić information content (AvgIpc) is 2.75. The monoisotopic (exact) mass is 263 g/mol. The number of aliphatic hydroxyl groups is 1. The molecule has 0 aliphatic rings. The molecule has 0 aromatic carbocycles. The molecular formula is C6H6ClN5OS2. The molecule has 6 nitrogen and oxygen atoms in total. The van der Waals surface area contributed by atoms with Crippen molar-refractivity contribution in [2.45, 2.75) is 16.1 Å². The maximum absolute atomic E-state index is 8.94. The molecule has 0 fully saturated rings. The van der Waals surface area contributed by atoms with Crippen LogP contribution in [0.4, 0.5) is 0 Å². The Balaban J connectivity index is 2.21. The van der Waals surface area contributed by atoms with Gasteiger partial charge in [-0.05, 0) is 22.2 Å². The van der Waals surface area contributed by atoms with Crippen molar-refractivity contribution >= 4 is 34.7 Å². The number of aliphatic hydroxyl groups excluding tert-OH is 1. The quantitative estimate of drug-likeness (QED) is 0.889. The zero-order chi connectivity index (χ0) is 10.8. The van der Waals surface area contributed by atoms with E-state index in [0.717, 1.165) is 0 Å². The second-order valence-corrected chi connectivity index (χ2v) is 5.20. The molecule has 0 spiro atoms. The van der Waals surface area contributed by atoms with E-state index in [9.17, 15) is 0 Å². The van der Waals surface area contributed by atoms with Crippen LogP contribution in [0.25, 0.3) is 0 Å². The van der Waals surface area contributed by atoms with Crippen molar-refractivity contribution in [2.75, 3.05) is 0 Å². The summed E-state index contributed by atoms with van der Waals surface area (Å²) >= 11 is 8.43. The summed E-state index contributed by atoms with van der Waals surface area (Å²) in [7, 11) is 1.74. The SMILES string of the molecule is Cn1nnnc1Sc1nc(Cl)c(CO)s1. The largest absolute Gasteiger partial charge is 0.391 e. The first-order chi connectivity index (χ1) is 7.20. The average molecular weight is 264 g/mol. The fraction of sp³-hybridized carbons (Fsp3) is 0.333. The first kappa shape index (κ1) is 10.8. The first-order valence-electron chi connectivity index (χ1n) is 3.87. The standard InChI is InChI=1S/C6H6ClN5OS2/c1-12-5(9-10-11-12)15-6-8-4(7)3(2-13)14-6/h13H,2H2,1H3. The lowest BCUT2D eigenvalue weighted by atomic mass is 10.6.